The van der Waals surface area contributed by atoms with Crippen LogP contribution < -0.4 is 5.73 Å². The predicted molar refractivity (Wildman–Crippen MR) is 61.2 cm³/mol. The molecule has 0 aliphatic heterocycles. The van der Waals surface area contributed by atoms with Crippen molar-refractivity contribution in [2.24, 2.45) is 17.6 Å². The Bertz CT molecular complexity index is 146. The molecule has 1 fully saturated rings. The van der Waals surface area contributed by atoms with Gasteiger partial charge >= 0.3 is 0 Å². The monoisotopic (exact) mass is 203 g/mol. The van der Waals surface area contributed by atoms with Crippen molar-refractivity contribution >= 4 is 12.4 Å². The molecule has 2 heteroatoms. The first kappa shape index (κ1) is 13.0. The zero-order valence-electron chi connectivity index (χ0n) is 8.70. The van der Waals surface area contributed by atoms with Gasteiger partial charge in [0.2, 0.25) is 0 Å². The number of nitrogens with two attached hydrogens (primary N) is 1. The van der Waals surface area contributed by atoms with Gasteiger partial charge in [0, 0.05) is 6.04 Å². The molecule has 0 aromatic carbocycles. The molecular formula is C11H22ClN. The van der Waals surface area contributed by atoms with E-state index in [9.17, 15) is 0 Å². The van der Waals surface area contributed by atoms with Gasteiger partial charge in [-0.2, -0.15) is 0 Å². The standard InChI is InChI=1S/C11H21N.ClH/c1-9(2)3-4-10-5-7-11(12)8-6-10;/h3-4,9-11H,5-8,12H2,1-2H3;1H/b4-3-;/t10-,11-;. The lowest BCUT2D eigenvalue weighted by Gasteiger charge is -2.23. The molecule has 0 heterocycles. The zero-order valence-corrected chi connectivity index (χ0v) is 9.52. The second-order valence-electron chi connectivity index (χ2n) is 4.30. The van der Waals surface area contributed by atoms with Gasteiger partial charge in [-0.25, -0.2) is 0 Å². The van der Waals surface area contributed by atoms with Crippen LogP contribution >= 0.6 is 12.4 Å². The first-order chi connectivity index (χ1) is 5.68. The predicted octanol–water partition coefficient (Wildman–Crippen LogP) is 3.14. The summed E-state index contributed by atoms with van der Waals surface area (Å²) in [4.78, 5) is 0. The zero-order chi connectivity index (χ0) is 8.97. The lowest BCUT2D eigenvalue weighted by Crippen LogP contribution is -2.25. The molecule has 1 saturated carbocycles. The van der Waals surface area contributed by atoms with E-state index in [2.05, 4.69) is 26.0 Å². The largest absolute Gasteiger partial charge is 0.328 e. The Hall–Kier alpha value is -0.0100. The maximum absolute atomic E-state index is 5.83. The van der Waals surface area contributed by atoms with Crippen LogP contribution in [-0.2, 0) is 0 Å². The Kier molecular flexibility index (Phi) is 6.44. The van der Waals surface area contributed by atoms with E-state index in [1.165, 1.54) is 25.7 Å². The summed E-state index contributed by atoms with van der Waals surface area (Å²) in [6, 6.07) is 0.480. The lowest BCUT2D eigenvalue weighted by atomic mass is 9.86. The van der Waals surface area contributed by atoms with Crippen molar-refractivity contribution < 1.29 is 0 Å². The van der Waals surface area contributed by atoms with E-state index in [0.29, 0.717) is 12.0 Å². The van der Waals surface area contributed by atoms with Crippen LogP contribution in [0.1, 0.15) is 39.5 Å². The summed E-state index contributed by atoms with van der Waals surface area (Å²) < 4.78 is 0. The summed E-state index contributed by atoms with van der Waals surface area (Å²) in [7, 11) is 0. The number of rotatable bonds is 2. The highest BCUT2D eigenvalue weighted by Crippen LogP contribution is 2.24. The fourth-order valence-electron chi connectivity index (χ4n) is 1.72. The van der Waals surface area contributed by atoms with Gasteiger partial charge in [-0.05, 0) is 37.5 Å². The van der Waals surface area contributed by atoms with Gasteiger partial charge < -0.3 is 5.73 Å². The van der Waals surface area contributed by atoms with Crippen molar-refractivity contribution in [1.29, 1.82) is 0 Å². The third kappa shape index (κ3) is 5.33. The van der Waals surface area contributed by atoms with Crippen LogP contribution in [0.15, 0.2) is 12.2 Å². The van der Waals surface area contributed by atoms with E-state index >= 15 is 0 Å². The SMILES string of the molecule is CC(C)/C=C\[C@H]1CC[C@H](N)CC1.Cl. The average Bonchev–Trinajstić information content (AvgIpc) is 2.03. The third-order valence-corrected chi connectivity index (χ3v) is 2.58. The van der Waals surface area contributed by atoms with Crippen LogP contribution in [-0.4, -0.2) is 6.04 Å². The molecule has 0 aromatic rings. The van der Waals surface area contributed by atoms with Crippen molar-refractivity contribution in [1.82, 2.24) is 0 Å². The fourth-order valence-corrected chi connectivity index (χ4v) is 1.72. The molecule has 13 heavy (non-hydrogen) atoms. The highest BCUT2D eigenvalue weighted by Gasteiger charge is 2.15. The third-order valence-electron chi connectivity index (χ3n) is 2.58. The molecular weight excluding hydrogens is 182 g/mol. The minimum Gasteiger partial charge on any atom is -0.328 e. The van der Waals surface area contributed by atoms with Gasteiger partial charge in [-0.1, -0.05) is 26.0 Å². The van der Waals surface area contributed by atoms with Crippen molar-refractivity contribution in [2.75, 3.05) is 0 Å². The minimum atomic E-state index is 0. The molecule has 1 rings (SSSR count). The van der Waals surface area contributed by atoms with Gasteiger partial charge in [0.15, 0.2) is 0 Å². The Labute approximate surface area is 88.2 Å². The minimum absolute atomic E-state index is 0. The van der Waals surface area contributed by atoms with Crippen molar-refractivity contribution in [3.8, 4) is 0 Å². The first-order valence-corrected chi connectivity index (χ1v) is 5.12. The highest BCUT2D eigenvalue weighted by molar-refractivity contribution is 5.85. The highest BCUT2D eigenvalue weighted by atomic mass is 35.5. The topological polar surface area (TPSA) is 26.0 Å². The van der Waals surface area contributed by atoms with E-state index < -0.39 is 0 Å². The molecule has 1 nitrogen and oxygen atoms in total. The van der Waals surface area contributed by atoms with Gasteiger partial charge in [0.25, 0.3) is 0 Å². The Morgan fingerprint density at radius 3 is 2.15 bits per heavy atom. The second kappa shape index (κ2) is 6.44. The number of hydrogen-bond donors (Lipinski definition) is 1. The summed E-state index contributed by atoms with van der Waals surface area (Å²) in [5.74, 6) is 1.51. The van der Waals surface area contributed by atoms with Gasteiger partial charge in [0.1, 0.15) is 0 Å². The maximum Gasteiger partial charge on any atom is 0.00392 e. The van der Waals surface area contributed by atoms with Gasteiger partial charge in [-0.3, -0.25) is 0 Å². The molecule has 0 aromatic heterocycles. The van der Waals surface area contributed by atoms with Gasteiger partial charge in [-0.15, -0.1) is 12.4 Å². The van der Waals surface area contributed by atoms with Gasteiger partial charge in [0.05, 0.1) is 0 Å². The Balaban J connectivity index is 0.00000144. The number of allylic oxidation sites excluding steroid dienone is 2. The maximum atomic E-state index is 5.83. The van der Waals surface area contributed by atoms with E-state index in [0.717, 1.165) is 5.92 Å². The van der Waals surface area contributed by atoms with Crippen molar-refractivity contribution in [3.63, 3.8) is 0 Å². The first-order valence-electron chi connectivity index (χ1n) is 5.12. The van der Waals surface area contributed by atoms with Crippen molar-refractivity contribution in [2.45, 2.75) is 45.6 Å². The van der Waals surface area contributed by atoms with E-state index in [1.54, 1.807) is 0 Å². The van der Waals surface area contributed by atoms with Crippen LogP contribution in [0.25, 0.3) is 0 Å². The van der Waals surface area contributed by atoms with E-state index in [4.69, 9.17) is 5.73 Å². The van der Waals surface area contributed by atoms with Crippen LogP contribution in [0.2, 0.25) is 0 Å². The molecule has 78 valence electrons. The Morgan fingerprint density at radius 2 is 1.69 bits per heavy atom. The summed E-state index contributed by atoms with van der Waals surface area (Å²) in [6.07, 6.45) is 9.73. The molecule has 0 saturated heterocycles. The smallest absolute Gasteiger partial charge is 0.00392 e. The summed E-state index contributed by atoms with van der Waals surface area (Å²) in [5.41, 5.74) is 5.83. The lowest BCUT2D eigenvalue weighted by molar-refractivity contribution is 0.374. The molecule has 0 bridgehead atoms. The van der Waals surface area contributed by atoms with Crippen LogP contribution in [0.4, 0.5) is 0 Å². The van der Waals surface area contributed by atoms with Crippen LogP contribution in [0.5, 0.6) is 0 Å². The summed E-state index contributed by atoms with van der Waals surface area (Å²) in [6.45, 7) is 4.45. The van der Waals surface area contributed by atoms with Crippen LogP contribution in [0, 0.1) is 11.8 Å². The normalized spacial score (nSPS) is 29.2. The number of halogens is 1. The summed E-state index contributed by atoms with van der Waals surface area (Å²) in [5, 5.41) is 0. The molecule has 1 aliphatic carbocycles. The quantitative estimate of drug-likeness (QED) is 0.686. The molecule has 0 amide bonds. The molecule has 0 unspecified atom stereocenters. The second-order valence-corrected chi connectivity index (χ2v) is 4.30. The van der Waals surface area contributed by atoms with Crippen molar-refractivity contribution in [3.05, 3.63) is 12.2 Å². The molecule has 2 N–H and O–H groups in total. The number of hydrogen-bond acceptors (Lipinski definition) is 1. The molecule has 0 radical (unpaired) electrons. The van der Waals surface area contributed by atoms with E-state index in [1.807, 2.05) is 0 Å². The molecule has 0 spiro atoms. The summed E-state index contributed by atoms with van der Waals surface area (Å²) >= 11 is 0. The van der Waals surface area contributed by atoms with E-state index in [-0.39, 0.29) is 12.4 Å². The molecule has 1 aliphatic rings. The molecule has 0 atom stereocenters. The fraction of sp³-hybridized carbons (Fsp3) is 0.818. The Morgan fingerprint density at radius 1 is 1.15 bits per heavy atom. The average molecular weight is 204 g/mol. The van der Waals surface area contributed by atoms with Crippen LogP contribution in [0.3, 0.4) is 0 Å².